The van der Waals surface area contributed by atoms with E-state index in [4.69, 9.17) is 4.74 Å². The minimum atomic E-state index is -3.19. The number of halogens is 1. The monoisotopic (exact) mass is 377 g/mol. The van der Waals surface area contributed by atoms with Gasteiger partial charge >= 0.3 is 0 Å². The van der Waals surface area contributed by atoms with Gasteiger partial charge < -0.3 is 9.64 Å². The highest BCUT2D eigenvalue weighted by atomic mass is 32.2. The summed E-state index contributed by atoms with van der Waals surface area (Å²) in [5.41, 5.74) is 0.677. The van der Waals surface area contributed by atoms with E-state index in [2.05, 4.69) is 0 Å². The van der Waals surface area contributed by atoms with Crippen LogP contribution in [0.4, 0.5) is 4.39 Å². The number of carbonyl (C=O) groups excluding carboxylic acids is 1. The summed E-state index contributed by atoms with van der Waals surface area (Å²) in [6, 6.07) is 12.4. The molecule has 1 aliphatic rings. The van der Waals surface area contributed by atoms with Gasteiger partial charge in [-0.2, -0.15) is 0 Å². The molecular formula is C19H20FNO4S. The first-order chi connectivity index (χ1) is 12.4. The molecule has 138 valence electrons. The molecule has 1 aliphatic heterocycles. The highest BCUT2D eigenvalue weighted by molar-refractivity contribution is 7.91. The number of nitrogens with zero attached hydrogens (tertiary/aromatic N) is 1. The maximum absolute atomic E-state index is 14.1. The lowest BCUT2D eigenvalue weighted by Crippen LogP contribution is -2.41. The third-order valence-corrected chi connectivity index (χ3v) is 6.30. The molecular weight excluding hydrogens is 357 g/mol. The highest BCUT2D eigenvalue weighted by Crippen LogP contribution is 2.26. The van der Waals surface area contributed by atoms with Crippen LogP contribution in [0.15, 0.2) is 48.5 Å². The SMILES string of the molecule is COc1ccccc1C(=O)N(Cc1ccccc1F)[C@@H]1CCS(=O)(=O)C1. The van der Waals surface area contributed by atoms with Crippen molar-refractivity contribution in [2.75, 3.05) is 18.6 Å². The molecule has 1 atom stereocenters. The Kier molecular flexibility index (Phi) is 5.27. The van der Waals surface area contributed by atoms with Crippen molar-refractivity contribution in [1.29, 1.82) is 0 Å². The Hall–Kier alpha value is -2.41. The summed E-state index contributed by atoms with van der Waals surface area (Å²) in [5.74, 6) is -0.469. The van der Waals surface area contributed by atoms with Crippen molar-refractivity contribution in [3.05, 3.63) is 65.5 Å². The number of methoxy groups -OCH3 is 1. The Morgan fingerprint density at radius 2 is 1.88 bits per heavy atom. The van der Waals surface area contributed by atoms with Gasteiger partial charge in [0, 0.05) is 18.2 Å². The van der Waals surface area contributed by atoms with Crippen LogP contribution in [0.2, 0.25) is 0 Å². The fourth-order valence-corrected chi connectivity index (χ4v) is 4.90. The van der Waals surface area contributed by atoms with Crippen molar-refractivity contribution in [2.24, 2.45) is 0 Å². The van der Waals surface area contributed by atoms with Crippen LogP contribution in [-0.4, -0.2) is 43.9 Å². The Balaban J connectivity index is 1.97. The van der Waals surface area contributed by atoms with Crippen molar-refractivity contribution in [2.45, 2.75) is 19.0 Å². The summed E-state index contributed by atoms with van der Waals surface area (Å²) in [7, 11) is -1.73. The zero-order chi connectivity index (χ0) is 18.7. The summed E-state index contributed by atoms with van der Waals surface area (Å²) < 4.78 is 43.2. The Morgan fingerprint density at radius 1 is 1.19 bits per heavy atom. The van der Waals surface area contributed by atoms with E-state index < -0.39 is 21.7 Å². The molecule has 0 bridgehead atoms. The quantitative estimate of drug-likeness (QED) is 0.804. The Labute approximate surface area is 152 Å². The number of amides is 1. The van der Waals surface area contributed by atoms with Gasteiger partial charge in [0.1, 0.15) is 11.6 Å². The van der Waals surface area contributed by atoms with Gasteiger partial charge in [0.2, 0.25) is 0 Å². The zero-order valence-corrected chi connectivity index (χ0v) is 15.2. The molecule has 0 aliphatic carbocycles. The van der Waals surface area contributed by atoms with Crippen molar-refractivity contribution in [3.8, 4) is 5.75 Å². The maximum atomic E-state index is 14.1. The second-order valence-corrected chi connectivity index (χ2v) is 8.51. The van der Waals surface area contributed by atoms with Gasteiger partial charge in [0.25, 0.3) is 5.91 Å². The van der Waals surface area contributed by atoms with Crippen molar-refractivity contribution < 1.29 is 22.3 Å². The third kappa shape index (κ3) is 3.88. The number of benzene rings is 2. The molecule has 3 rings (SSSR count). The smallest absolute Gasteiger partial charge is 0.258 e. The van der Waals surface area contributed by atoms with Crippen LogP contribution in [0.25, 0.3) is 0 Å². The molecule has 1 fully saturated rings. The topological polar surface area (TPSA) is 63.7 Å². The number of sulfone groups is 1. The van der Waals surface area contributed by atoms with Crippen LogP contribution in [-0.2, 0) is 16.4 Å². The summed E-state index contributed by atoms with van der Waals surface area (Å²) >= 11 is 0. The Bertz CT molecular complexity index is 913. The molecule has 5 nitrogen and oxygen atoms in total. The molecule has 2 aromatic carbocycles. The first-order valence-electron chi connectivity index (χ1n) is 8.29. The van der Waals surface area contributed by atoms with Crippen LogP contribution < -0.4 is 4.74 Å². The first-order valence-corrected chi connectivity index (χ1v) is 10.1. The van der Waals surface area contributed by atoms with E-state index in [1.54, 1.807) is 42.5 Å². The molecule has 0 radical (unpaired) electrons. The van der Waals surface area contributed by atoms with Gasteiger partial charge in [-0.3, -0.25) is 4.79 Å². The third-order valence-electron chi connectivity index (χ3n) is 4.55. The molecule has 0 aromatic heterocycles. The summed E-state index contributed by atoms with van der Waals surface area (Å²) in [6.07, 6.45) is 0.345. The number of carbonyl (C=O) groups is 1. The first kappa shape index (κ1) is 18.4. The van der Waals surface area contributed by atoms with Gasteiger partial charge in [-0.25, -0.2) is 12.8 Å². The zero-order valence-electron chi connectivity index (χ0n) is 14.4. The van der Waals surface area contributed by atoms with E-state index in [-0.39, 0.29) is 24.0 Å². The molecule has 1 amide bonds. The highest BCUT2D eigenvalue weighted by Gasteiger charge is 2.36. The van der Waals surface area contributed by atoms with Crippen LogP contribution >= 0.6 is 0 Å². The van der Waals surface area contributed by atoms with E-state index in [9.17, 15) is 17.6 Å². The van der Waals surface area contributed by atoms with Gasteiger partial charge in [-0.05, 0) is 24.6 Å². The second-order valence-electron chi connectivity index (χ2n) is 6.28. The van der Waals surface area contributed by atoms with E-state index in [0.29, 0.717) is 23.3 Å². The molecule has 0 N–H and O–H groups in total. The molecule has 1 saturated heterocycles. The van der Waals surface area contributed by atoms with Crippen LogP contribution in [0.5, 0.6) is 5.75 Å². The average molecular weight is 377 g/mol. The normalized spacial score (nSPS) is 18.5. The minimum absolute atomic E-state index is 0.00371. The van der Waals surface area contributed by atoms with Gasteiger partial charge in [0.05, 0.1) is 24.2 Å². The van der Waals surface area contributed by atoms with E-state index in [0.717, 1.165) is 0 Å². The summed E-state index contributed by atoms with van der Waals surface area (Å²) in [4.78, 5) is 14.6. The fraction of sp³-hybridized carbons (Fsp3) is 0.316. The van der Waals surface area contributed by atoms with Crippen LogP contribution in [0, 0.1) is 5.82 Å². The molecule has 2 aromatic rings. The van der Waals surface area contributed by atoms with Crippen LogP contribution in [0.1, 0.15) is 22.3 Å². The van der Waals surface area contributed by atoms with Crippen LogP contribution in [0.3, 0.4) is 0 Å². The maximum Gasteiger partial charge on any atom is 0.258 e. The number of hydrogen-bond acceptors (Lipinski definition) is 4. The lowest BCUT2D eigenvalue weighted by Gasteiger charge is -2.29. The lowest BCUT2D eigenvalue weighted by molar-refractivity contribution is 0.0675. The molecule has 7 heteroatoms. The minimum Gasteiger partial charge on any atom is -0.496 e. The summed E-state index contributed by atoms with van der Waals surface area (Å²) in [6.45, 7) is 0.00371. The van der Waals surface area contributed by atoms with Gasteiger partial charge in [-0.15, -0.1) is 0 Å². The predicted molar refractivity (Wildman–Crippen MR) is 96.3 cm³/mol. The lowest BCUT2D eigenvalue weighted by atomic mass is 10.1. The predicted octanol–water partition coefficient (Wildman–Crippen LogP) is 2.66. The molecule has 0 spiro atoms. The van der Waals surface area contributed by atoms with E-state index in [1.165, 1.54) is 18.1 Å². The fourth-order valence-electron chi connectivity index (χ4n) is 3.17. The number of rotatable bonds is 5. The summed E-state index contributed by atoms with van der Waals surface area (Å²) in [5, 5.41) is 0. The molecule has 0 saturated carbocycles. The number of para-hydroxylation sites is 1. The molecule has 1 heterocycles. The second kappa shape index (κ2) is 7.45. The number of hydrogen-bond donors (Lipinski definition) is 0. The standard InChI is InChI=1S/C19H20FNO4S/c1-25-18-9-5-3-7-16(18)19(22)21(15-10-11-26(23,24)13-15)12-14-6-2-4-8-17(14)20/h2-9,15H,10-13H2,1H3/t15-/m1/s1. The van der Waals surface area contributed by atoms with E-state index in [1.807, 2.05) is 0 Å². The molecule has 26 heavy (non-hydrogen) atoms. The van der Waals surface area contributed by atoms with Crippen molar-refractivity contribution in [3.63, 3.8) is 0 Å². The van der Waals surface area contributed by atoms with Gasteiger partial charge in [-0.1, -0.05) is 30.3 Å². The number of ether oxygens (including phenoxy) is 1. The molecule has 0 unspecified atom stereocenters. The van der Waals surface area contributed by atoms with Crippen molar-refractivity contribution in [1.82, 2.24) is 4.90 Å². The van der Waals surface area contributed by atoms with E-state index >= 15 is 0 Å². The largest absolute Gasteiger partial charge is 0.496 e. The van der Waals surface area contributed by atoms with Gasteiger partial charge in [0.15, 0.2) is 9.84 Å². The average Bonchev–Trinajstić information content (AvgIpc) is 3.00. The Morgan fingerprint density at radius 3 is 2.54 bits per heavy atom. The van der Waals surface area contributed by atoms with Crippen molar-refractivity contribution >= 4 is 15.7 Å².